The number of allylic oxidation sites excluding steroid dienone is 1. The highest BCUT2D eigenvalue weighted by Gasteiger charge is 2.41. The van der Waals surface area contributed by atoms with Gasteiger partial charge >= 0.3 is 0 Å². The van der Waals surface area contributed by atoms with E-state index in [2.05, 4.69) is 6.58 Å². The highest BCUT2D eigenvalue weighted by Crippen LogP contribution is 2.31. The van der Waals surface area contributed by atoms with E-state index in [0.29, 0.717) is 12.4 Å². The summed E-state index contributed by atoms with van der Waals surface area (Å²) < 4.78 is 10.9. The molecule has 1 aliphatic heterocycles. The molecular formula is C18H22O4. The third-order valence-electron chi connectivity index (χ3n) is 3.82. The summed E-state index contributed by atoms with van der Waals surface area (Å²) >= 11 is 0. The number of ketones is 1. The van der Waals surface area contributed by atoms with Crippen molar-refractivity contribution >= 4 is 11.9 Å². The van der Waals surface area contributed by atoms with E-state index in [-0.39, 0.29) is 12.4 Å². The third kappa shape index (κ3) is 3.64. The SMILES string of the molecule is C=C1OCCOC(C(O)/C=C/c2ccccc2)C(=O)C1(C)C. The summed E-state index contributed by atoms with van der Waals surface area (Å²) in [6.07, 6.45) is 1.42. The molecule has 1 N–H and O–H groups in total. The van der Waals surface area contributed by atoms with Crippen LogP contribution in [0.3, 0.4) is 0 Å². The summed E-state index contributed by atoms with van der Waals surface area (Å²) in [7, 11) is 0. The van der Waals surface area contributed by atoms with E-state index in [4.69, 9.17) is 9.47 Å². The van der Waals surface area contributed by atoms with Crippen molar-refractivity contribution in [1.29, 1.82) is 0 Å². The van der Waals surface area contributed by atoms with Crippen molar-refractivity contribution < 1.29 is 19.4 Å². The van der Waals surface area contributed by atoms with Gasteiger partial charge in [0.2, 0.25) is 0 Å². The molecule has 2 rings (SSSR count). The topological polar surface area (TPSA) is 55.8 Å². The molecule has 0 saturated carbocycles. The van der Waals surface area contributed by atoms with Gasteiger partial charge in [-0.2, -0.15) is 0 Å². The lowest BCUT2D eigenvalue weighted by atomic mass is 9.81. The van der Waals surface area contributed by atoms with Crippen molar-refractivity contribution in [3.05, 3.63) is 54.3 Å². The van der Waals surface area contributed by atoms with Crippen LogP contribution in [0.25, 0.3) is 6.08 Å². The molecule has 0 bridgehead atoms. The first-order valence-corrected chi connectivity index (χ1v) is 7.32. The normalized spacial score (nSPS) is 23.7. The van der Waals surface area contributed by atoms with E-state index < -0.39 is 17.6 Å². The van der Waals surface area contributed by atoms with Crippen LogP contribution in [0.4, 0.5) is 0 Å². The summed E-state index contributed by atoms with van der Waals surface area (Å²) in [4.78, 5) is 12.6. The maximum absolute atomic E-state index is 12.6. The zero-order valence-electron chi connectivity index (χ0n) is 13.0. The average Bonchev–Trinajstić information content (AvgIpc) is 2.52. The van der Waals surface area contributed by atoms with Crippen LogP contribution in [0, 0.1) is 5.41 Å². The van der Waals surface area contributed by atoms with Gasteiger partial charge in [0.05, 0.1) is 12.0 Å². The fraction of sp³-hybridized carbons (Fsp3) is 0.389. The number of hydrogen-bond donors (Lipinski definition) is 1. The summed E-state index contributed by atoms with van der Waals surface area (Å²) in [6, 6.07) is 9.58. The maximum Gasteiger partial charge on any atom is 0.177 e. The lowest BCUT2D eigenvalue weighted by Gasteiger charge is -2.33. The van der Waals surface area contributed by atoms with Crippen LogP contribution in [-0.4, -0.2) is 36.3 Å². The van der Waals surface area contributed by atoms with Crippen LogP contribution in [0.1, 0.15) is 19.4 Å². The van der Waals surface area contributed by atoms with E-state index in [9.17, 15) is 9.90 Å². The van der Waals surface area contributed by atoms with Gasteiger partial charge in [0.25, 0.3) is 0 Å². The molecule has 0 aliphatic carbocycles. The predicted molar refractivity (Wildman–Crippen MR) is 85.1 cm³/mol. The Bertz CT molecular complexity index is 560. The molecule has 4 heteroatoms. The van der Waals surface area contributed by atoms with Gasteiger partial charge in [0, 0.05) is 0 Å². The number of aliphatic hydroxyl groups is 1. The summed E-state index contributed by atoms with van der Waals surface area (Å²) in [6.45, 7) is 7.82. The summed E-state index contributed by atoms with van der Waals surface area (Å²) in [5.41, 5.74) is 0.0546. The lowest BCUT2D eigenvalue weighted by Crippen LogP contribution is -2.46. The molecule has 1 aromatic carbocycles. The van der Waals surface area contributed by atoms with Gasteiger partial charge in [-0.25, -0.2) is 0 Å². The number of carbonyl (C=O) groups excluding carboxylic acids is 1. The van der Waals surface area contributed by atoms with Crippen molar-refractivity contribution in [2.45, 2.75) is 26.1 Å². The molecule has 2 unspecified atom stereocenters. The number of rotatable bonds is 3. The Morgan fingerprint density at radius 3 is 2.68 bits per heavy atom. The molecule has 0 spiro atoms. The number of Topliss-reactive ketones (excluding diaryl/α,β-unsaturated/α-hetero) is 1. The van der Waals surface area contributed by atoms with Gasteiger partial charge in [-0.1, -0.05) is 49.1 Å². The highest BCUT2D eigenvalue weighted by atomic mass is 16.5. The largest absolute Gasteiger partial charge is 0.495 e. The molecule has 1 heterocycles. The lowest BCUT2D eigenvalue weighted by molar-refractivity contribution is -0.150. The van der Waals surface area contributed by atoms with Gasteiger partial charge in [0.15, 0.2) is 5.78 Å². The van der Waals surface area contributed by atoms with Gasteiger partial charge < -0.3 is 14.6 Å². The first-order valence-electron chi connectivity index (χ1n) is 7.32. The Morgan fingerprint density at radius 2 is 2.00 bits per heavy atom. The second-order valence-corrected chi connectivity index (χ2v) is 5.81. The fourth-order valence-corrected chi connectivity index (χ4v) is 2.22. The van der Waals surface area contributed by atoms with Crippen LogP contribution in [0.15, 0.2) is 48.7 Å². The molecule has 4 nitrogen and oxygen atoms in total. The van der Waals surface area contributed by atoms with Crippen molar-refractivity contribution in [2.75, 3.05) is 13.2 Å². The number of carbonyl (C=O) groups is 1. The molecule has 2 atom stereocenters. The summed E-state index contributed by atoms with van der Waals surface area (Å²) in [5, 5.41) is 10.3. The Morgan fingerprint density at radius 1 is 1.32 bits per heavy atom. The molecular weight excluding hydrogens is 280 g/mol. The fourth-order valence-electron chi connectivity index (χ4n) is 2.22. The van der Waals surface area contributed by atoms with Crippen LogP contribution < -0.4 is 0 Å². The Balaban J connectivity index is 2.16. The summed E-state index contributed by atoms with van der Waals surface area (Å²) in [5.74, 6) is 0.174. The molecule has 1 fully saturated rings. The van der Waals surface area contributed by atoms with E-state index in [1.807, 2.05) is 30.3 Å². The monoisotopic (exact) mass is 302 g/mol. The van der Waals surface area contributed by atoms with E-state index >= 15 is 0 Å². The molecule has 22 heavy (non-hydrogen) atoms. The van der Waals surface area contributed by atoms with Gasteiger partial charge in [-0.15, -0.1) is 0 Å². The molecule has 0 amide bonds. The van der Waals surface area contributed by atoms with Crippen LogP contribution in [0.5, 0.6) is 0 Å². The second kappa shape index (κ2) is 6.90. The number of benzene rings is 1. The van der Waals surface area contributed by atoms with E-state index in [0.717, 1.165) is 5.56 Å². The van der Waals surface area contributed by atoms with Gasteiger partial charge in [-0.05, 0) is 19.4 Å². The molecule has 118 valence electrons. The average molecular weight is 302 g/mol. The van der Waals surface area contributed by atoms with Crippen molar-refractivity contribution in [1.82, 2.24) is 0 Å². The van der Waals surface area contributed by atoms with E-state index in [1.54, 1.807) is 26.0 Å². The molecule has 1 aliphatic rings. The maximum atomic E-state index is 12.6. The van der Waals surface area contributed by atoms with Crippen molar-refractivity contribution in [3.63, 3.8) is 0 Å². The molecule has 1 aromatic rings. The number of ether oxygens (including phenoxy) is 2. The zero-order chi connectivity index (χ0) is 16.2. The van der Waals surface area contributed by atoms with Gasteiger partial charge in [0.1, 0.15) is 24.6 Å². The van der Waals surface area contributed by atoms with Crippen molar-refractivity contribution in [3.8, 4) is 0 Å². The van der Waals surface area contributed by atoms with Crippen LogP contribution >= 0.6 is 0 Å². The predicted octanol–water partition coefficient (Wildman–Crippen LogP) is 2.59. The van der Waals surface area contributed by atoms with Crippen molar-refractivity contribution in [2.24, 2.45) is 5.41 Å². The quantitative estimate of drug-likeness (QED) is 0.932. The Kier molecular flexibility index (Phi) is 5.16. The standard InChI is InChI=1S/C18H22O4/c1-13-18(2,3)17(20)16(22-12-11-21-13)15(19)10-9-14-7-5-4-6-8-14/h4-10,15-16,19H,1,11-12H2,2-3H3/b10-9+. The van der Waals surface area contributed by atoms with Crippen LogP contribution in [0.2, 0.25) is 0 Å². The number of aliphatic hydroxyl groups excluding tert-OH is 1. The highest BCUT2D eigenvalue weighted by molar-refractivity contribution is 5.91. The minimum absolute atomic E-state index is 0.234. The van der Waals surface area contributed by atoms with Gasteiger partial charge in [-0.3, -0.25) is 4.79 Å². The third-order valence-corrected chi connectivity index (χ3v) is 3.82. The first kappa shape index (κ1) is 16.5. The number of hydrogen-bond acceptors (Lipinski definition) is 4. The second-order valence-electron chi connectivity index (χ2n) is 5.81. The first-order chi connectivity index (χ1) is 10.4. The smallest absolute Gasteiger partial charge is 0.177 e. The Labute approximate surface area is 131 Å². The minimum atomic E-state index is -1.02. The molecule has 0 aromatic heterocycles. The Hall–Kier alpha value is -1.91. The van der Waals surface area contributed by atoms with E-state index in [1.165, 1.54) is 0 Å². The minimum Gasteiger partial charge on any atom is -0.495 e. The molecule has 0 radical (unpaired) electrons. The molecule has 1 saturated heterocycles. The zero-order valence-corrected chi connectivity index (χ0v) is 13.0. The van der Waals surface area contributed by atoms with Crippen LogP contribution in [-0.2, 0) is 14.3 Å².